The molecular formula is C29H26F9N3O5. The summed E-state index contributed by atoms with van der Waals surface area (Å²) < 4.78 is 110. The molecule has 3 heterocycles. The van der Waals surface area contributed by atoms with Crippen LogP contribution in [0.3, 0.4) is 0 Å². The molecule has 1 spiro atoms. The van der Waals surface area contributed by atoms with Gasteiger partial charge in [-0.05, 0) is 55.2 Å². The monoisotopic (exact) mass is 667 g/mol. The van der Waals surface area contributed by atoms with Gasteiger partial charge in [-0.25, -0.2) is 4.79 Å². The number of aliphatic carboxylic acids is 1. The second kappa shape index (κ2) is 12.2. The largest absolute Gasteiger partial charge is 0.490 e. The molecule has 2 aromatic rings. The van der Waals surface area contributed by atoms with Gasteiger partial charge in [0.1, 0.15) is 5.54 Å². The van der Waals surface area contributed by atoms with Crippen LogP contribution in [-0.4, -0.2) is 63.4 Å². The van der Waals surface area contributed by atoms with Crippen LogP contribution in [-0.2, 0) is 38.1 Å². The molecule has 3 amide bonds. The number of hydrogen-bond acceptors (Lipinski definition) is 5. The minimum Gasteiger partial charge on any atom is -0.475 e. The van der Waals surface area contributed by atoms with E-state index >= 15 is 0 Å². The zero-order chi connectivity index (χ0) is 34.4. The molecule has 0 aromatic heterocycles. The number of benzene rings is 2. The SMILES string of the molecule is CCN1C(=O)[C@H]2[C@@H](c3ccc(C(F)(F)F)cc3)N[C@]3(CCCN(Cc4ccc(C(F)(F)F)cc4)C3=O)[C@H]2C1=O.O=C(O)C(F)(F)F. The fourth-order valence-corrected chi connectivity index (χ4v) is 6.18. The smallest absolute Gasteiger partial charge is 0.475 e. The molecule has 2 aromatic carbocycles. The Hall–Kier alpha value is -4.15. The molecule has 5 rings (SSSR count). The Morgan fingerprint density at radius 2 is 1.37 bits per heavy atom. The third-order valence-electron chi connectivity index (χ3n) is 8.22. The minimum absolute atomic E-state index is 0.00234. The van der Waals surface area contributed by atoms with Crippen LogP contribution in [0.2, 0.25) is 0 Å². The van der Waals surface area contributed by atoms with Crippen LogP contribution in [0.5, 0.6) is 0 Å². The molecule has 3 fully saturated rings. The summed E-state index contributed by atoms with van der Waals surface area (Å²) in [6.07, 6.45) is -13.5. The maximum absolute atomic E-state index is 14.0. The van der Waals surface area contributed by atoms with E-state index in [4.69, 9.17) is 9.90 Å². The van der Waals surface area contributed by atoms with Gasteiger partial charge in [0.05, 0.1) is 23.0 Å². The van der Waals surface area contributed by atoms with Crippen molar-refractivity contribution in [2.24, 2.45) is 11.8 Å². The first-order chi connectivity index (χ1) is 21.2. The van der Waals surface area contributed by atoms with E-state index in [1.807, 2.05) is 0 Å². The highest BCUT2D eigenvalue weighted by Gasteiger charge is 2.68. The van der Waals surface area contributed by atoms with Gasteiger partial charge in [-0.2, -0.15) is 39.5 Å². The number of carbonyl (C=O) groups is 4. The minimum atomic E-state index is -5.08. The van der Waals surface area contributed by atoms with Crippen LogP contribution < -0.4 is 5.32 Å². The van der Waals surface area contributed by atoms with E-state index in [1.165, 1.54) is 29.2 Å². The number of imide groups is 1. The summed E-state index contributed by atoms with van der Waals surface area (Å²) in [6, 6.07) is 7.86. The van der Waals surface area contributed by atoms with Gasteiger partial charge in [0.25, 0.3) is 0 Å². The molecule has 4 atom stereocenters. The fourth-order valence-electron chi connectivity index (χ4n) is 6.18. The normalized spacial score (nSPS) is 25.1. The van der Waals surface area contributed by atoms with E-state index in [0.717, 1.165) is 29.2 Å². The third-order valence-corrected chi connectivity index (χ3v) is 8.22. The van der Waals surface area contributed by atoms with Crippen molar-refractivity contribution in [2.75, 3.05) is 13.1 Å². The molecule has 17 heteroatoms. The number of carboxylic acids is 1. The van der Waals surface area contributed by atoms with Gasteiger partial charge >= 0.3 is 24.5 Å². The van der Waals surface area contributed by atoms with Gasteiger partial charge in [0.15, 0.2) is 0 Å². The maximum atomic E-state index is 14.0. The van der Waals surface area contributed by atoms with Crippen LogP contribution in [0.15, 0.2) is 48.5 Å². The average Bonchev–Trinajstić information content (AvgIpc) is 3.43. The van der Waals surface area contributed by atoms with Crippen molar-refractivity contribution >= 4 is 23.7 Å². The Morgan fingerprint density at radius 3 is 1.83 bits per heavy atom. The molecule has 46 heavy (non-hydrogen) atoms. The van der Waals surface area contributed by atoms with Gasteiger partial charge in [0.2, 0.25) is 17.7 Å². The Morgan fingerprint density at radius 1 is 0.870 bits per heavy atom. The molecule has 3 aliphatic heterocycles. The number of carboxylic acid groups (broad SMARTS) is 1. The molecule has 3 saturated heterocycles. The van der Waals surface area contributed by atoms with Gasteiger partial charge in [-0.3, -0.25) is 24.6 Å². The summed E-state index contributed by atoms with van der Waals surface area (Å²) in [6.45, 7) is 2.02. The molecule has 0 radical (unpaired) electrons. The van der Waals surface area contributed by atoms with Crippen molar-refractivity contribution in [2.45, 2.75) is 56.4 Å². The Kier molecular flexibility index (Phi) is 9.23. The highest BCUT2D eigenvalue weighted by atomic mass is 19.4. The zero-order valence-corrected chi connectivity index (χ0v) is 23.8. The zero-order valence-electron chi connectivity index (χ0n) is 23.8. The number of carbonyl (C=O) groups excluding carboxylic acids is 3. The molecule has 0 bridgehead atoms. The quantitative estimate of drug-likeness (QED) is 0.344. The number of amides is 3. The van der Waals surface area contributed by atoms with Crippen LogP contribution in [0, 0.1) is 11.8 Å². The summed E-state index contributed by atoms with van der Waals surface area (Å²) in [5, 5.41) is 10.3. The second-order valence-corrected chi connectivity index (χ2v) is 11.0. The number of nitrogens with one attached hydrogen (secondary N) is 1. The van der Waals surface area contributed by atoms with Crippen molar-refractivity contribution in [3.05, 3.63) is 70.8 Å². The molecule has 0 aliphatic carbocycles. The van der Waals surface area contributed by atoms with Crippen molar-refractivity contribution in [3.63, 3.8) is 0 Å². The number of fused-ring (bicyclic) bond motifs is 2. The molecule has 0 saturated carbocycles. The summed E-state index contributed by atoms with van der Waals surface area (Å²) >= 11 is 0. The lowest BCUT2D eigenvalue weighted by molar-refractivity contribution is -0.192. The first-order valence-electron chi connectivity index (χ1n) is 13.8. The standard InChI is InChI=1S/C27H25F6N3O3.C2HF3O2/c1-2-36-22(37)19-20(23(36)38)25(34-21(19)16-6-10-18(11-7-16)27(31,32)33)12-3-13-35(24(25)39)14-15-4-8-17(9-5-15)26(28,29)30;3-2(4,5)1(6)7/h4-11,19-21,34H,2-3,12-14H2,1H3;(H,6,7)/t19-,20-,21-,25-;/m1./s1. The fraction of sp³-hybridized carbons (Fsp3) is 0.448. The van der Waals surface area contributed by atoms with E-state index in [-0.39, 0.29) is 19.5 Å². The number of piperidine rings is 1. The van der Waals surface area contributed by atoms with E-state index < -0.39 is 76.8 Å². The van der Waals surface area contributed by atoms with E-state index in [1.54, 1.807) is 6.92 Å². The van der Waals surface area contributed by atoms with E-state index in [2.05, 4.69) is 5.32 Å². The summed E-state index contributed by atoms with van der Waals surface area (Å²) in [5.74, 6) is -6.26. The molecule has 8 nitrogen and oxygen atoms in total. The van der Waals surface area contributed by atoms with Crippen LogP contribution >= 0.6 is 0 Å². The number of likely N-dealkylation sites (tertiary alicyclic amines) is 2. The van der Waals surface area contributed by atoms with E-state index in [0.29, 0.717) is 24.1 Å². The highest BCUT2D eigenvalue weighted by Crippen LogP contribution is 2.52. The average molecular weight is 668 g/mol. The maximum Gasteiger partial charge on any atom is 0.490 e. The Labute approximate surface area is 255 Å². The summed E-state index contributed by atoms with van der Waals surface area (Å²) in [5.41, 5.74) is -2.34. The topological polar surface area (TPSA) is 107 Å². The highest BCUT2D eigenvalue weighted by molar-refractivity contribution is 6.10. The first-order valence-corrected chi connectivity index (χ1v) is 13.8. The van der Waals surface area contributed by atoms with Crippen LogP contribution in [0.1, 0.15) is 48.1 Å². The van der Waals surface area contributed by atoms with Crippen LogP contribution in [0.4, 0.5) is 39.5 Å². The number of hydrogen-bond donors (Lipinski definition) is 2. The van der Waals surface area contributed by atoms with Crippen molar-refractivity contribution < 1.29 is 63.8 Å². The van der Waals surface area contributed by atoms with Crippen molar-refractivity contribution in [1.29, 1.82) is 0 Å². The predicted octanol–water partition coefficient (Wildman–Crippen LogP) is 5.18. The Bertz CT molecular complexity index is 1490. The van der Waals surface area contributed by atoms with E-state index in [9.17, 15) is 53.9 Å². The number of rotatable bonds is 4. The number of nitrogens with zero attached hydrogens (tertiary/aromatic N) is 2. The lowest BCUT2D eigenvalue weighted by Gasteiger charge is -2.42. The molecule has 250 valence electrons. The lowest BCUT2D eigenvalue weighted by atomic mass is 9.74. The first kappa shape index (κ1) is 34.7. The Balaban J connectivity index is 0.000000617. The van der Waals surface area contributed by atoms with Gasteiger partial charge < -0.3 is 10.0 Å². The van der Waals surface area contributed by atoms with Crippen molar-refractivity contribution in [1.82, 2.24) is 15.1 Å². The molecule has 0 unspecified atom stereocenters. The van der Waals surface area contributed by atoms with Gasteiger partial charge in [-0.15, -0.1) is 0 Å². The third kappa shape index (κ3) is 6.55. The molecule has 3 aliphatic rings. The second-order valence-electron chi connectivity index (χ2n) is 11.0. The van der Waals surface area contributed by atoms with Gasteiger partial charge in [0, 0.05) is 25.7 Å². The summed E-state index contributed by atoms with van der Waals surface area (Å²) in [7, 11) is 0. The van der Waals surface area contributed by atoms with Crippen molar-refractivity contribution in [3.8, 4) is 0 Å². The molecular weight excluding hydrogens is 641 g/mol. The number of halogens is 9. The molecule has 2 N–H and O–H groups in total. The van der Waals surface area contributed by atoms with Crippen LogP contribution in [0.25, 0.3) is 0 Å². The predicted molar refractivity (Wildman–Crippen MR) is 139 cm³/mol. The lowest BCUT2D eigenvalue weighted by Crippen LogP contribution is -2.63. The number of alkyl halides is 9. The van der Waals surface area contributed by atoms with Gasteiger partial charge in [-0.1, -0.05) is 24.3 Å². The summed E-state index contributed by atoms with van der Waals surface area (Å²) in [4.78, 5) is 52.2.